The molecule has 16 heavy (non-hydrogen) atoms. The summed E-state index contributed by atoms with van der Waals surface area (Å²) >= 11 is 0. The molecule has 0 unspecified atom stereocenters. The number of hydrogen-bond acceptors (Lipinski definition) is 3. The average molecular weight is 226 g/mol. The molecule has 0 amide bonds. The molecule has 0 fully saturated rings. The summed E-state index contributed by atoms with van der Waals surface area (Å²) in [5.74, 6) is -0.849. The molecule has 0 saturated carbocycles. The first-order valence-electron chi connectivity index (χ1n) is 5.29. The second-order valence-corrected chi connectivity index (χ2v) is 4.33. The zero-order valence-corrected chi connectivity index (χ0v) is 10.1. The number of hydrogen-bond donors (Lipinski definition) is 1. The summed E-state index contributed by atoms with van der Waals surface area (Å²) in [7, 11) is 6.04. The van der Waals surface area contributed by atoms with E-state index in [-0.39, 0.29) is 5.75 Å². The highest BCUT2D eigenvalue weighted by molar-refractivity contribution is 5.27. The standard InChI is InChI=1S/C12H19FN2O/c1-14(2)6-7-15(3)9-10-4-5-12(16)11(13)8-10/h4-5,8,16H,6-7,9H2,1-3H3. The third-order valence-electron chi connectivity index (χ3n) is 2.39. The molecule has 4 heteroatoms. The van der Waals surface area contributed by atoms with E-state index in [9.17, 15) is 4.39 Å². The summed E-state index contributed by atoms with van der Waals surface area (Å²) in [5, 5.41) is 9.06. The van der Waals surface area contributed by atoms with Crippen LogP contribution in [-0.4, -0.2) is 49.1 Å². The predicted molar refractivity (Wildman–Crippen MR) is 63.0 cm³/mol. The van der Waals surface area contributed by atoms with Crippen LogP contribution in [0.4, 0.5) is 4.39 Å². The number of halogens is 1. The molecule has 0 aliphatic heterocycles. The molecule has 0 spiro atoms. The van der Waals surface area contributed by atoms with E-state index in [2.05, 4.69) is 9.80 Å². The molecule has 0 bridgehead atoms. The van der Waals surface area contributed by atoms with Crippen molar-refractivity contribution in [3.05, 3.63) is 29.6 Å². The topological polar surface area (TPSA) is 26.7 Å². The fourth-order valence-corrected chi connectivity index (χ4v) is 1.41. The highest BCUT2D eigenvalue weighted by atomic mass is 19.1. The molecule has 90 valence electrons. The molecule has 0 saturated heterocycles. The van der Waals surface area contributed by atoms with Crippen LogP contribution in [0.15, 0.2) is 18.2 Å². The van der Waals surface area contributed by atoms with Crippen molar-refractivity contribution in [1.82, 2.24) is 9.80 Å². The number of benzene rings is 1. The van der Waals surface area contributed by atoms with Gasteiger partial charge in [0, 0.05) is 19.6 Å². The highest BCUT2D eigenvalue weighted by Crippen LogP contribution is 2.16. The normalized spacial score (nSPS) is 11.4. The number of phenols is 1. The second kappa shape index (κ2) is 5.82. The minimum Gasteiger partial charge on any atom is -0.505 e. The zero-order chi connectivity index (χ0) is 12.1. The van der Waals surface area contributed by atoms with E-state index in [0.29, 0.717) is 6.54 Å². The first-order valence-corrected chi connectivity index (χ1v) is 5.29. The van der Waals surface area contributed by atoms with E-state index >= 15 is 0 Å². The summed E-state index contributed by atoms with van der Waals surface area (Å²) in [6.45, 7) is 2.58. The molecule has 0 aliphatic carbocycles. The van der Waals surface area contributed by atoms with Crippen molar-refractivity contribution in [3.8, 4) is 5.75 Å². The van der Waals surface area contributed by atoms with Crippen LogP contribution in [0.25, 0.3) is 0 Å². The molecule has 1 aromatic rings. The average Bonchev–Trinajstić information content (AvgIpc) is 2.21. The van der Waals surface area contributed by atoms with Crippen molar-refractivity contribution in [2.75, 3.05) is 34.2 Å². The van der Waals surface area contributed by atoms with Crippen LogP contribution in [0.5, 0.6) is 5.75 Å². The zero-order valence-electron chi connectivity index (χ0n) is 10.1. The first-order chi connectivity index (χ1) is 7.49. The van der Waals surface area contributed by atoms with Gasteiger partial charge in [-0.25, -0.2) is 4.39 Å². The Hall–Kier alpha value is -1.13. The Morgan fingerprint density at radius 1 is 1.19 bits per heavy atom. The van der Waals surface area contributed by atoms with E-state index in [0.717, 1.165) is 18.7 Å². The Bertz CT molecular complexity index is 342. The molecule has 0 atom stereocenters. The molecular formula is C12H19FN2O. The third-order valence-corrected chi connectivity index (χ3v) is 2.39. The Morgan fingerprint density at radius 3 is 2.44 bits per heavy atom. The number of likely N-dealkylation sites (N-methyl/N-ethyl adjacent to an activating group) is 2. The van der Waals surface area contributed by atoms with Gasteiger partial charge in [-0.05, 0) is 38.8 Å². The van der Waals surface area contributed by atoms with Gasteiger partial charge in [0.2, 0.25) is 0 Å². The highest BCUT2D eigenvalue weighted by Gasteiger charge is 2.04. The van der Waals surface area contributed by atoms with Crippen LogP contribution in [0.1, 0.15) is 5.56 Å². The van der Waals surface area contributed by atoms with Gasteiger partial charge in [0.05, 0.1) is 0 Å². The smallest absolute Gasteiger partial charge is 0.165 e. The van der Waals surface area contributed by atoms with Gasteiger partial charge in [-0.3, -0.25) is 0 Å². The minimum atomic E-state index is -0.557. The third kappa shape index (κ3) is 4.16. The van der Waals surface area contributed by atoms with E-state index < -0.39 is 5.82 Å². The molecule has 1 aromatic carbocycles. The lowest BCUT2D eigenvalue weighted by molar-refractivity contribution is 0.276. The predicted octanol–water partition coefficient (Wildman–Crippen LogP) is 1.52. The van der Waals surface area contributed by atoms with Crippen molar-refractivity contribution in [2.24, 2.45) is 0 Å². The van der Waals surface area contributed by atoms with Gasteiger partial charge in [0.25, 0.3) is 0 Å². The van der Waals surface area contributed by atoms with E-state index in [1.807, 2.05) is 21.1 Å². The van der Waals surface area contributed by atoms with E-state index in [1.54, 1.807) is 6.07 Å². The van der Waals surface area contributed by atoms with Crippen LogP contribution >= 0.6 is 0 Å². The SMILES string of the molecule is CN(C)CCN(C)Cc1ccc(O)c(F)c1. The van der Waals surface area contributed by atoms with Gasteiger partial charge in [0.1, 0.15) is 0 Å². The first kappa shape index (κ1) is 12.9. The van der Waals surface area contributed by atoms with Gasteiger partial charge in [-0.2, -0.15) is 0 Å². The summed E-state index contributed by atoms with van der Waals surface area (Å²) in [6, 6.07) is 4.51. The van der Waals surface area contributed by atoms with Crippen molar-refractivity contribution in [3.63, 3.8) is 0 Å². The lowest BCUT2D eigenvalue weighted by Gasteiger charge is -2.19. The molecule has 0 radical (unpaired) electrons. The largest absolute Gasteiger partial charge is 0.505 e. The molecule has 0 aromatic heterocycles. The fraction of sp³-hybridized carbons (Fsp3) is 0.500. The van der Waals surface area contributed by atoms with Crippen LogP contribution < -0.4 is 0 Å². The Balaban J connectivity index is 2.49. The van der Waals surface area contributed by atoms with E-state index in [4.69, 9.17) is 5.11 Å². The molecular weight excluding hydrogens is 207 g/mol. The van der Waals surface area contributed by atoms with Gasteiger partial charge < -0.3 is 14.9 Å². The lowest BCUT2D eigenvalue weighted by Crippen LogP contribution is -2.28. The van der Waals surface area contributed by atoms with Crippen molar-refractivity contribution < 1.29 is 9.50 Å². The minimum absolute atomic E-state index is 0.292. The number of nitrogens with zero attached hydrogens (tertiary/aromatic N) is 2. The summed E-state index contributed by atoms with van der Waals surface area (Å²) in [6.07, 6.45) is 0. The van der Waals surface area contributed by atoms with E-state index in [1.165, 1.54) is 12.1 Å². The Morgan fingerprint density at radius 2 is 1.88 bits per heavy atom. The molecule has 1 rings (SSSR count). The monoisotopic (exact) mass is 226 g/mol. The fourth-order valence-electron chi connectivity index (χ4n) is 1.41. The number of phenolic OH excluding ortho intramolecular Hbond substituents is 1. The van der Waals surface area contributed by atoms with Gasteiger partial charge >= 0.3 is 0 Å². The second-order valence-electron chi connectivity index (χ2n) is 4.33. The maximum Gasteiger partial charge on any atom is 0.165 e. The maximum atomic E-state index is 13.1. The molecule has 0 heterocycles. The van der Waals surface area contributed by atoms with Crippen LogP contribution in [0, 0.1) is 5.82 Å². The quantitative estimate of drug-likeness (QED) is 0.824. The summed E-state index contributed by atoms with van der Waals surface area (Å²) < 4.78 is 13.1. The van der Waals surface area contributed by atoms with Gasteiger partial charge in [-0.15, -0.1) is 0 Å². The molecule has 3 nitrogen and oxygen atoms in total. The summed E-state index contributed by atoms with van der Waals surface area (Å²) in [4.78, 5) is 4.22. The van der Waals surface area contributed by atoms with Crippen molar-refractivity contribution in [2.45, 2.75) is 6.54 Å². The molecule has 0 aliphatic rings. The number of aromatic hydroxyl groups is 1. The number of rotatable bonds is 5. The molecule has 1 N–H and O–H groups in total. The Kier molecular flexibility index (Phi) is 4.71. The van der Waals surface area contributed by atoms with Crippen LogP contribution in [-0.2, 0) is 6.54 Å². The maximum absolute atomic E-state index is 13.1. The Labute approximate surface area is 96.1 Å². The van der Waals surface area contributed by atoms with Crippen molar-refractivity contribution >= 4 is 0 Å². The van der Waals surface area contributed by atoms with Gasteiger partial charge in [-0.1, -0.05) is 6.07 Å². The summed E-state index contributed by atoms with van der Waals surface area (Å²) in [5.41, 5.74) is 0.872. The van der Waals surface area contributed by atoms with Crippen LogP contribution in [0.2, 0.25) is 0 Å². The van der Waals surface area contributed by atoms with Crippen molar-refractivity contribution in [1.29, 1.82) is 0 Å². The van der Waals surface area contributed by atoms with Gasteiger partial charge in [0.15, 0.2) is 11.6 Å². The van der Waals surface area contributed by atoms with Crippen LogP contribution in [0.3, 0.4) is 0 Å². The lowest BCUT2D eigenvalue weighted by atomic mass is 10.2.